The summed E-state index contributed by atoms with van der Waals surface area (Å²) >= 11 is 0. The van der Waals surface area contributed by atoms with E-state index in [-0.39, 0.29) is 18.3 Å². The zero-order chi connectivity index (χ0) is 15.7. The molecule has 3 N–H and O–H groups in total. The van der Waals surface area contributed by atoms with Crippen molar-refractivity contribution in [1.29, 1.82) is 0 Å². The molecule has 0 bridgehead atoms. The number of rotatable bonds is 6. The third-order valence-electron chi connectivity index (χ3n) is 2.95. The van der Waals surface area contributed by atoms with E-state index in [1.165, 1.54) is 6.07 Å². The molecule has 5 heteroatoms. The SMILES string of the molecule is CCNC(=O)CN(CC)Cc1ccc(F)c(C#CCN)c1. The van der Waals surface area contributed by atoms with Gasteiger partial charge in [0.1, 0.15) is 5.82 Å². The lowest BCUT2D eigenvalue weighted by atomic mass is 10.1. The number of hydrogen-bond acceptors (Lipinski definition) is 3. The van der Waals surface area contributed by atoms with Crippen molar-refractivity contribution in [2.75, 3.05) is 26.2 Å². The van der Waals surface area contributed by atoms with Crippen LogP contribution < -0.4 is 11.1 Å². The van der Waals surface area contributed by atoms with Crippen LogP contribution in [0.1, 0.15) is 25.0 Å². The topological polar surface area (TPSA) is 58.4 Å². The van der Waals surface area contributed by atoms with Crippen LogP contribution in [0, 0.1) is 17.7 Å². The van der Waals surface area contributed by atoms with Crippen molar-refractivity contribution in [3.63, 3.8) is 0 Å². The Kier molecular flexibility index (Phi) is 7.44. The smallest absolute Gasteiger partial charge is 0.234 e. The first kappa shape index (κ1) is 17.2. The monoisotopic (exact) mass is 291 g/mol. The van der Waals surface area contributed by atoms with Crippen molar-refractivity contribution in [3.05, 3.63) is 35.1 Å². The molecule has 1 amide bonds. The second-order valence-corrected chi connectivity index (χ2v) is 4.58. The van der Waals surface area contributed by atoms with Crippen LogP contribution in [0.3, 0.4) is 0 Å². The molecule has 21 heavy (non-hydrogen) atoms. The van der Waals surface area contributed by atoms with Crippen molar-refractivity contribution >= 4 is 5.91 Å². The molecule has 4 nitrogen and oxygen atoms in total. The number of likely N-dealkylation sites (N-methyl/N-ethyl adjacent to an activating group) is 2. The van der Waals surface area contributed by atoms with E-state index >= 15 is 0 Å². The molecule has 0 atom stereocenters. The fourth-order valence-corrected chi connectivity index (χ4v) is 1.91. The van der Waals surface area contributed by atoms with Crippen molar-refractivity contribution in [2.24, 2.45) is 5.73 Å². The summed E-state index contributed by atoms with van der Waals surface area (Å²) in [6.45, 7) is 6.32. The van der Waals surface area contributed by atoms with Gasteiger partial charge in [-0.15, -0.1) is 0 Å². The second-order valence-electron chi connectivity index (χ2n) is 4.58. The zero-order valence-electron chi connectivity index (χ0n) is 12.6. The summed E-state index contributed by atoms with van der Waals surface area (Å²) in [6.07, 6.45) is 0. The standard InChI is InChI=1S/C16H22FN3O/c1-3-19-16(21)12-20(4-2)11-13-7-8-15(17)14(10-13)6-5-9-18/h7-8,10H,3-4,9,11-12,18H2,1-2H3,(H,19,21). The van der Waals surface area contributed by atoms with Crippen molar-refractivity contribution in [2.45, 2.75) is 20.4 Å². The molecule has 1 aromatic rings. The lowest BCUT2D eigenvalue weighted by Crippen LogP contribution is -2.36. The molecular weight excluding hydrogens is 269 g/mol. The molecule has 1 aromatic carbocycles. The number of benzene rings is 1. The quantitative estimate of drug-likeness (QED) is 0.772. The Morgan fingerprint density at radius 3 is 2.81 bits per heavy atom. The van der Waals surface area contributed by atoms with Gasteiger partial charge in [-0.2, -0.15) is 0 Å². The van der Waals surface area contributed by atoms with Gasteiger partial charge < -0.3 is 11.1 Å². The minimum atomic E-state index is -0.355. The van der Waals surface area contributed by atoms with Crippen LogP contribution in [0.15, 0.2) is 18.2 Å². The van der Waals surface area contributed by atoms with Crippen molar-refractivity contribution in [1.82, 2.24) is 10.2 Å². The summed E-state index contributed by atoms with van der Waals surface area (Å²) < 4.78 is 13.6. The Labute approximate surface area is 125 Å². The van der Waals surface area contributed by atoms with Gasteiger partial charge in [0.2, 0.25) is 5.91 Å². The van der Waals surface area contributed by atoms with E-state index < -0.39 is 0 Å². The van der Waals surface area contributed by atoms with Gasteiger partial charge in [0.25, 0.3) is 0 Å². The first-order valence-electron chi connectivity index (χ1n) is 7.07. The first-order valence-corrected chi connectivity index (χ1v) is 7.07. The van der Waals surface area contributed by atoms with Crippen LogP contribution in [-0.4, -0.2) is 37.0 Å². The van der Waals surface area contributed by atoms with Crippen LogP contribution >= 0.6 is 0 Å². The lowest BCUT2D eigenvalue weighted by molar-refractivity contribution is -0.122. The summed E-state index contributed by atoms with van der Waals surface area (Å²) in [5, 5.41) is 2.77. The minimum absolute atomic E-state index is 0.00962. The number of nitrogens with one attached hydrogen (secondary N) is 1. The maximum absolute atomic E-state index is 13.6. The highest BCUT2D eigenvalue weighted by Crippen LogP contribution is 2.11. The van der Waals surface area contributed by atoms with Gasteiger partial charge >= 0.3 is 0 Å². The predicted molar refractivity (Wildman–Crippen MR) is 82.0 cm³/mol. The summed E-state index contributed by atoms with van der Waals surface area (Å²) in [7, 11) is 0. The molecule has 0 aliphatic rings. The molecule has 0 radical (unpaired) electrons. The molecule has 114 valence electrons. The van der Waals surface area contributed by atoms with Crippen LogP contribution in [0.5, 0.6) is 0 Å². The van der Waals surface area contributed by atoms with E-state index in [9.17, 15) is 9.18 Å². The summed E-state index contributed by atoms with van der Waals surface area (Å²) in [5.74, 6) is 5.00. The van der Waals surface area contributed by atoms with E-state index in [1.54, 1.807) is 12.1 Å². The van der Waals surface area contributed by atoms with Crippen LogP contribution in [-0.2, 0) is 11.3 Å². The number of nitrogens with zero attached hydrogens (tertiary/aromatic N) is 1. The van der Waals surface area contributed by atoms with Gasteiger partial charge in [-0.1, -0.05) is 24.8 Å². The number of carbonyl (C=O) groups excluding carboxylic acids is 1. The van der Waals surface area contributed by atoms with E-state index in [4.69, 9.17) is 5.73 Å². The predicted octanol–water partition coefficient (Wildman–Crippen LogP) is 1.09. The molecule has 0 spiro atoms. The second kappa shape index (κ2) is 9.11. The molecule has 1 rings (SSSR count). The lowest BCUT2D eigenvalue weighted by Gasteiger charge is -2.20. The number of halogens is 1. The summed E-state index contributed by atoms with van der Waals surface area (Å²) in [5.41, 5.74) is 6.56. The molecule has 0 aromatic heterocycles. The fourth-order valence-electron chi connectivity index (χ4n) is 1.91. The van der Waals surface area contributed by atoms with Gasteiger partial charge in [-0.3, -0.25) is 9.69 Å². The van der Waals surface area contributed by atoms with Crippen LogP contribution in [0.4, 0.5) is 4.39 Å². The largest absolute Gasteiger partial charge is 0.355 e. The number of carbonyl (C=O) groups is 1. The van der Waals surface area contributed by atoms with Gasteiger partial charge in [0.05, 0.1) is 18.7 Å². The fraction of sp³-hybridized carbons (Fsp3) is 0.438. The maximum Gasteiger partial charge on any atom is 0.234 e. The summed E-state index contributed by atoms with van der Waals surface area (Å²) in [6, 6.07) is 4.82. The third kappa shape index (κ3) is 5.94. The molecule has 0 heterocycles. The molecule has 0 fully saturated rings. The Morgan fingerprint density at radius 2 is 2.19 bits per heavy atom. The molecule has 0 saturated carbocycles. The van der Waals surface area contributed by atoms with Gasteiger partial charge in [0.15, 0.2) is 0 Å². The molecule has 0 aliphatic carbocycles. The molecule has 0 unspecified atom stereocenters. The Balaban J connectivity index is 2.78. The average molecular weight is 291 g/mol. The van der Waals surface area contributed by atoms with E-state index in [1.807, 2.05) is 18.7 Å². The number of nitrogens with two attached hydrogens (primary N) is 1. The first-order chi connectivity index (χ1) is 10.1. The Bertz CT molecular complexity index is 534. The zero-order valence-corrected chi connectivity index (χ0v) is 12.6. The van der Waals surface area contributed by atoms with Gasteiger partial charge in [0, 0.05) is 13.1 Å². The minimum Gasteiger partial charge on any atom is -0.355 e. The normalized spacial score (nSPS) is 10.1. The molecule has 0 saturated heterocycles. The van der Waals surface area contributed by atoms with Crippen LogP contribution in [0.25, 0.3) is 0 Å². The maximum atomic E-state index is 13.6. The van der Waals surface area contributed by atoms with Crippen molar-refractivity contribution < 1.29 is 9.18 Å². The highest BCUT2D eigenvalue weighted by atomic mass is 19.1. The van der Waals surface area contributed by atoms with Crippen LogP contribution in [0.2, 0.25) is 0 Å². The number of amides is 1. The van der Waals surface area contributed by atoms with E-state index in [2.05, 4.69) is 17.2 Å². The van der Waals surface area contributed by atoms with E-state index in [0.29, 0.717) is 25.2 Å². The Hall–Kier alpha value is -1.90. The highest BCUT2D eigenvalue weighted by Gasteiger charge is 2.10. The molecule has 0 aliphatic heterocycles. The summed E-state index contributed by atoms with van der Waals surface area (Å²) in [4.78, 5) is 13.6. The molecular formula is C16H22FN3O. The third-order valence-corrected chi connectivity index (χ3v) is 2.95. The highest BCUT2D eigenvalue weighted by molar-refractivity contribution is 5.77. The van der Waals surface area contributed by atoms with Gasteiger partial charge in [-0.05, 0) is 31.2 Å². The Morgan fingerprint density at radius 1 is 1.43 bits per heavy atom. The van der Waals surface area contributed by atoms with Crippen molar-refractivity contribution in [3.8, 4) is 11.8 Å². The number of hydrogen-bond donors (Lipinski definition) is 2. The average Bonchev–Trinajstić information content (AvgIpc) is 2.47. The van der Waals surface area contributed by atoms with Gasteiger partial charge in [-0.25, -0.2) is 4.39 Å². The van der Waals surface area contributed by atoms with E-state index in [0.717, 1.165) is 12.1 Å².